The van der Waals surface area contributed by atoms with Gasteiger partial charge in [0.1, 0.15) is 0 Å². The van der Waals surface area contributed by atoms with Crippen LogP contribution in [0.25, 0.3) is 0 Å². The first-order valence-electron chi connectivity index (χ1n) is 8.13. The van der Waals surface area contributed by atoms with E-state index in [0.29, 0.717) is 22.1 Å². The topological polar surface area (TPSA) is 55.2 Å². The number of hydrogen-bond acceptors (Lipinski definition) is 5. The highest BCUT2D eigenvalue weighted by atomic mass is 32.2. The number of fused-ring (bicyclic) bond motifs is 1. The van der Waals surface area contributed by atoms with Crippen LogP contribution in [0.3, 0.4) is 0 Å². The summed E-state index contributed by atoms with van der Waals surface area (Å²) in [5, 5.41) is 1.06. The van der Waals surface area contributed by atoms with E-state index in [0.717, 1.165) is 42.9 Å². The van der Waals surface area contributed by atoms with E-state index in [-0.39, 0.29) is 11.5 Å². The standard InChI is InChI=1S/C16H23N3O2S2/c1-10-4-6-19(7-5-10)13(20)9-22-16-17-12-8-11(2)23-14(12)15(21)18(16)3/h10-11H,4-9H2,1-3H3/t11-/m0/s1. The highest BCUT2D eigenvalue weighted by Crippen LogP contribution is 2.34. The molecule has 3 heterocycles. The summed E-state index contributed by atoms with van der Waals surface area (Å²) in [5.41, 5.74) is 0.915. The van der Waals surface area contributed by atoms with Crippen LogP contribution in [0, 0.1) is 5.92 Å². The molecule has 0 saturated carbocycles. The van der Waals surface area contributed by atoms with Crippen LogP contribution in [0.2, 0.25) is 0 Å². The highest BCUT2D eigenvalue weighted by Gasteiger charge is 2.26. The summed E-state index contributed by atoms with van der Waals surface area (Å²) in [6.07, 6.45) is 3.00. The van der Waals surface area contributed by atoms with Crippen molar-refractivity contribution in [3.63, 3.8) is 0 Å². The van der Waals surface area contributed by atoms with Gasteiger partial charge in [-0.1, -0.05) is 25.6 Å². The lowest BCUT2D eigenvalue weighted by atomic mass is 9.99. The van der Waals surface area contributed by atoms with Crippen molar-refractivity contribution in [2.45, 2.75) is 48.4 Å². The third-order valence-corrected chi connectivity index (χ3v) is 6.77. The van der Waals surface area contributed by atoms with E-state index in [4.69, 9.17) is 0 Å². The Labute approximate surface area is 145 Å². The van der Waals surface area contributed by atoms with E-state index in [2.05, 4.69) is 18.8 Å². The minimum Gasteiger partial charge on any atom is -0.342 e. The van der Waals surface area contributed by atoms with E-state index in [1.165, 1.54) is 11.8 Å². The molecule has 0 spiro atoms. The molecule has 0 aromatic carbocycles. The van der Waals surface area contributed by atoms with Crippen LogP contribution in [0.4, 0.5) is 0 Å². The first-order chi connectivity index (χ1) is 11.0. The van der Waals surface area contributed by atoms with Gasteiger partial charge in [0.05, 0.1) is 16.3 Å². The zero-order chi connectivity index (χ0) is 16.6. The molecule has 0 unspecified atom stereocenters. The molecule has 1 aromatic heterocycles. The van der Waals surface area contributed by atoms with E-state index >= 15 is 0 Å². The fraction of sp³-hybridized carbons (Fsp3) is 0.688. The number of rotatable bonds is 3. The summed E-state index contributed by atoms with van der Waals surface area (Å²) in [6, 6.07) is 0. The molecule has 1 saturated heterocycles. The fourth-order valence-electron chi connectivity index (χ4n) is 2.98. The Kier molecular flexibility index (Phi) is 5.06. The Morgan fingerprint density at radius 1 is 1.35 bits per heavy atom. The van der Waals surface area contributed by atoms with Crippen molar-refractivity contribution in [2.24, 2.45) is 13.0 Å². The molecule has 23 heavy (non-hydrogen) atoms. The Bertz CT molecular complexity index is 666. The molecule has 2 aliphatic rings. The van der Waals surface area contributed by atoms with Gasteiger partial charge in [-0.3, -0.25) is 14.2 Å². The predicted molar refractivity (Wildman–Crippen MR) is 94.2 cm³/mol. The molecule has 7 heteroatoms. The fourth-order valence-corrected chi connectivity index (χ4v) is 5.01. The quantitative estimate of drug-likeness (QED) is 0.616. The number of piperidine rings is 1. The molecule has 0 aliphatic carbocycles. The van der Waals surface area contributed by atoms with Gasteiger partial charge in [0.2, 0.25) is 5.91 Å². The molecular weight excluding hydrogens is 330 g/mol. The number of aromatic nitrogens is 2. The van der Waals surface area contributed by atoms with Crippen molar-refractivity contribution in [1.29, 1.82) is 0 Å². The van der Waals surface area contributed by atoms with Crippen molar-refractivity contribution in [3.05, 3.63) is 16.0 Å². The Balaban J connectivity index is 1.67. The molecule has 1 amide bonds. The smallest absolute Gasteiger partial charge is 0.267 e. The van der Waals surface area contributed by atoms with Crippen LogP contribution in [0.5, 0.6) is 0 Å². The van der Waals surface area contributed by atoms with Crippen LogP contribution >= 0.6 is 23.5 Å². The zero-order valence-electron chi connectivity index (χ0n) is 13.9. The number of amides is 1. The minimum atomic E-state index is 0.0195. The number of nitrogens with zero attached hydrogens (tertiary/aromatic N) is 3. The van der Waals surface area contributed by atoms with E-state index < -0.39 is 0 Å². The third-order valence-electron chi connectivity index (χ3n) is 4.54. The van der Waals surface area contributed by atoms with E-state index in [1.807, 2.05) is 4.90 Å². The molecule has 0 radical (unpaired) electrons. The van der Waals surface area contributed by atoms with E-state index in [1.54, 1.807) is 23.4 Å². The van der Waals surface area contributed by atoms with Crippen molar-refractivity contribution in [1.82, 2.24) is 14.5 Å². The second kappa shape index (κ2) is 6.89. The second-order valence-corrected chi connectivity index (χ2v) is 8.91. The first-order valence-corrected chi connectivity index (χ1v) is 9.99. The molecule has 1 aromatic rings. The molecule has 1 atom stereocenters. The van der Waals surface area contributed by atoms with Gasteiger partial charge in [0.15, 0.2) is 5.16 Å². The normalized spacial score (nSPS) is 21.5. The number of carbonyl (C=O) groups is 1. The molecule has 0 bridgehead atoms. The van der Waals surface area contributed by atoms with Gasteiger partial charge in [-0.2, -0.15) is 0 Å². The maximum Gasteiger partial charge on any atom is 0.267 e. The lowest BCUT2D eigenvalue weighted by Crippen LogP contribution is -2.39. The molecule has 3 rings (SSSR count). The van der Waals surface area contributed by atoms with Gasteiger partial charge in [-0.05, 0) is 18.8 Å². The first kappa shape index (κ1) is 16.9. The Morgan fingerprint density at radius 2 is 2.04 bits per heavy atom. The van der Waals surface area contributed by atoms with Crippen LogP contribution in [-0.4, -0.2) is 44.5 Å². The third kappa shape index (κ3) is 3.60. The van der Waals surface area contributed by atoms with Gasteiger partial charge in [0.25, 0.3) is 5.56 Å². The lowest BCUT2D eigenvalue weighted by Gasteiger charge is -2.30. The molecule has 0 N–H and O–H groups in total. The second-order valence-electron chi connectivity index (χ2n) is 6.52. The summed E-state index contributed by atoms with van der Waals surface area (Å²) in [5.74, 6) is 1.22. The van der Waals surface area contributed by atoms with Crippen LogP contribution in [0.1, 0.15) is 32.4 Å². The summed E-state index contributed by atoms with van der Waals surface area (Å²) in [7, 11) is 1.74. The van der Waals surface area contributed by atoms with Crippen LogP contribution in [-0.2, 0) is 18.3 Å². The molecule has 2 aliphatic heterocycles. The van der Waals surface area contributed by atoms with Gasteiger partial charge in [0, 0.05) is 31.8 Å². The molecular formula is C16H23N3O2S2. The molecule has 1 fully saturated rings. The average molecular weight is 354 g/mol. The van der Waals surface area contributed by atoms with Gasteiger partial charge >= 0.3 is 0 Å². The average Bonchev–Trinajstić information content (AvgIpc) is 2.90. The lowest BCUT2D eigenvalue weighted by molar-refractivity contribution is -0.129. The summed E-state index contributed by atoms with van der Waals surface area (Å²) < 4.78 is 1.58. The molecule has 126 valence electrons. The Morgan fingerprint density at radius 3 is 2.74 bits per heavy atom. The van der Waals surface area contributed by atoms with Crippen molar-refractivity contribution < 1.29 is 4.79 Å². The SMILES string of the molecule is CC1CCN(C(=O)CSc2nc3c(c(=O)n2C)S[C@@H](C)C3)CC1. The zero-order valence-corrected chi connectivity index (χ0v) is 15.5. The summed E-state index contributed by atoms with van der Waals surface area (Å²) in [4.78, 5) is 32.1. The monoisotopic (exact) mass is 353 g/mol. The van der Waals surface area contributed by atoms with Crippen molar-refractivity contribution >= 4 is 29.4 Å². The molecule has 5 nitrogen and oxygen atoms in total. The summed E-state index contributed by atoms with van der Waals surface area (Å²) in [6.45, 7) is 6.05. The van der Waals surface area contributed by atoms with Gasteiger partial charge in [-0.15, -0.1) is 11.8 Å². The largest absolute Gasteiger partial charge is 0.342 e. The number of likely N-dealkylation sites (tertiary alicyclic amines) is 1. The van der Waals surface area contributed by atoms with Crippen LogP contribution in [0.15, 0.2) is 14.8 Å². The van der Waals surface area contributed by atoms with Crippen molar-refractivity contribution in [3.8, 4) is 0 Å². The Hall–Kier alpha value is -0.950. The maximum absolute atomic E-state index is 12.4. The van der Waals surface area contributed by atoms with Gasteiger partial charge in [-0.25, -0.2) is 4.98 Å². The number of thioether (sulfide) groups is 2. The van der Waals surface area contributed by atoms with Crippen LogP contribution < -0.4 is 5.56 Å². The maximum atomic E-state index is 12.4. The predicted octanol–water partition coefficient (Wildman–Crippen LogP) is 2.17. The number of carbonyl (C=O) groups excluding carboxylic acids is 1. The number of hydrogen-bond donors (Lipinski definition) is 0. The minimum absolute atomic E-state index is 0.0195. The van der Waals surface area contributed by atoms with E-state index in [9.17, 15) is 9.59 Å². The summed E-state index contributed by atoms with van der Waals surface area (Å²) >= 11 is 2.99. The van der Waals surface area contributed by atoms with Gasteiger partial charge < -0.3 is 4.90 Å². The van der Waals surface area contributed by atoms with Crippen molar-refractivity contribution in [2.75, 3.05) is 18.8 Å². The highest BCUT2D eigenvalue weighted by molar-refractivity contribution is 8.00.